The number of rotatable bonds is 24. The molecule has 170 valence electrons. The number of nitrogens with zero attached hydrogens (tertiary/aromatic N) is 1. The van der Waals surface area contributed by atoms with Gasteiger partial charge in [0, 0.05) is 0 Å². The molecule has 0 aliphatic rings. The zero-order chi connectivity index (χ0) is 20.5. The monoisotopic (exact) mass is 397 g/mol. The van der Waals surface area contributed by atoms with E-state index in [0.29, 0.717) is 0 Å². The lowest BCUT2D eigenvalue weighted by Gasteiger charge is -2.16. The van der Waals surface area contributed by atoms with Crippen molar-refractivity contribution in [3.63, 3.8) is 0 Å². The fourth-order valence-corrected chi connectivity index (χ4v) is 3.69. The van der Waals surface area contributed by atoms with Gasteiger partial charge in [-0.2, -0.15) is 0 Å². The molecular formula is C25H55N3. The van der Waals surface area contributed by atoms with E-state index in [-0.39, 0.29) is 0 Å². The molecule has 0 aromatic heterocycles. The van der Waals surface area contributed by atoms with Gasteiger partial charge in [0.2, 0.25) is 0 Å². The van der Waals surface area contributed by atoms with Crippen LogP contribution in [0.15, 0.2) is 0 Å². The lowest BCUT2D eigenvalue weighted by atomic mass is 10.1. The Morgan fingerprint density at radius 3 is 1.11 bits per heavy atom. The van der Waals surface area contributed by atoms with E-state index in [1.165, 1.54) is 142 Å². The van der Waals surface area contributed by atoms with Crippen molar-refractivity contribution in [2.45, 2.75) is 117 Å². The van der Waals surface area contributed by atoms with Crippen molar-refractivity contribution in [3.05, 3.63) is 0 Å². The van der Waals surface area contributed by atoms with Gasteiger partial charge in [-0.3, -0.25) is 0 Å². The number of unbranched alkanes of at least 4 members (excludes halogenated alkanes) is 12. The van der Waals surface area contributed by atoms with Gasteiger partial charge in [0.25, 0.3) is 0 Å². The summed E-state index contributed by atoms with van der Waals surface area (Å²) in [5, 5.41) is 7.19. The van der Waals surface area contributed by atoms with E-state index < -0.39 is 0 Å². The largest absolute Gasteiger partial charge is 0.317 e. The lowest BCUT2D eigenvalue weighted by molar-refractivity contribution is 0.314. The molecule has 0 saturated heterocycles. The van der Waals surface area contributed by atoms with Crippen LogP contribution in [0.2, 0.25) is 0 Å². The Balaban J connectivity index is 3.12. The second-order valence-corrected chi connectivity index (χ2v) is 8.75. The Kier molecular flexibility index (Phi) is 24.8. The predicted molar refractivity (Wildman–Crippen MR) is 128 cm³/mol. The van der Waals surface area contributed by atoms with Crippen LogP contribution in [-0.2, 0) is 0 Å². The first-order valence-electron chi connectivity index (χ1n) is 12.9. The molecular weight excluding hydrogens is 342 g/mol. The highest BCUT2D eigenvalue weighted by Gasteiger charge is 1.99. The molecule has 0 spiro atoms. The molecule has 28 heavy (non-hydrogen) atoms. The first kappa shape index (κ1) is 27.9. The zero-order valence-corrected chi connectivity index (χ0v) is 20.0. The fourth-order valence-electron chi connectivity index (χ4n) is 3.69. The molecule has 0 fully saturated rings. The summed E-state index contributed by atoms with van der Waals surface area (Å²) in [6.07, 6.45) is 22.0. The first-order valence-corrected chi connectivity index (χ1v) is 12.9. The molecule has 0 amide bonds. The van der Waals surface area contributed by atoms with Gasteiger partial charge in [-0.05, 0) is 84.8 Å². The summed E-state index contributed by atoms with van der Waals surface area (Å²) in [5.41, 5.74) is 0. The molecule has 0 rings (SSSR count). The average molecular weight is 398 g/mol. The van der Waals surface area contributed by atoms with Gasteiger partial charge in [-0.15, -0.1) is 0 Å². The predicted octanol–water partition coefficient (Wildman–Crippen LogP) is 6.38. The van der Waals surface area contributed by atoms with Gasteiger partial charge < -0.3 is 15.5 Å². The molecule has 0 aliphatic heterocycles. The molecule has 0 unspecified atom stereocenters. The van der Waals surface area contributed by atoms with Gasteiger partial charge in [0.05, 0.1) is 0 Å². The molecule has 3 heteroatoms. The zero-order valence-electron chi connectivity index (χ0n) is 20.0. The molecule has 0 aromatic rings. The van der Waals surface area contributed by atoms with Crippen molar-refractivity contribution in [1.82, 2.24) is 15.5 Å². The molecule has 0 aromatic carbocycles. The Morgan fingerprint density at radius 2 is 0.750 bits per heavy atom. The maximum atomic E-state index is 3.59. The van der Waals surface area contributed by atoms with Crippen molar-refractivity contribution >= 4 is 0 Å². The minimum absolute atomic E-state index is 1.22. The third kappa shape index (κ3) is 23.9. The maximum absolute atomic E-state index is 3.59. The van der Waals surface area contributed by atoms with E-state index in [9.17, 15) is 0 Å². The summed E-state index contributed by atoms with van der Waals surface area (Å²) in [4.78, 5) is 2.54. The highest BCUT2D eigenvalue weighted by Crippen LogP contribution is 2.04. The molecule has 0 radical (unpaired) electrons. The number of nitrogens with one attached hydrogen (secondary N) is 2. The quantitative estimate of drug-likeness (QED) is 0.185. The van der Waals surface area contributed by atoms with Gasteiger partial charge in [0.1, 0.15) is 0 Å². The normalized spacial score (nSPS) is 11.6. The van der Waals surface area contributed by atoms with Crippen molar-refractivity contribution in [3.8, 4) is 0 Å². The lowest BCUT2D eigenvalue weighted by Crippen LogP contribution is -2.21. The summed E-state index contributed by atoms with van der Waals surface area (Å²) in [7, 11) is 2.30. The number of hydrogen-bond acceptors (Lipinski definition) is 3. The van der Waals surface area contributed by atoms with Gasteiger partial charge in [0.15, 0.2) is 0 Å². The van der Waals surface area contributed by atoms with Gasteiger partial charge in [-0.25, -0.2) is 0 Å². The van der Waals surface area contributed by atoms with Crippen LogP contribution in [0.3, 0.4) is 0 Å². The average Bonchev–Trinajstić information content (AvgIpc) is 2.70. The van der Waals surface area contributed by atoms with Crippen LogP contribution in [0.25, 0.3) is 0 Å². The van der Waals surface area contributed by atoms with Crippen LogP contribution in [0.1, 0.15) is 117 Å². The number of hydrogen-bond donors (Lipinski definition) is 2. The van der Waals surface area contributed by atoms with Crippen LogP contribution in [0, 0.1) is 0 Å². The van der Waals surface area contributed by atoms with E-state index in [2.05, 4.69) is 36.4 Å². The van der Waals surface area contributed by atoms with Crippen LogP contribution >= 0.6 is 0 Å². The van der Waals surface area contributed by atoms with Crippen LogP contribution in [0.5, 0.6) is 0 Å². The third-order valence-electron chi connectivity index (χ3n) is 5.70. The van der Waals surface area contributed by atoms with E-state index in [4.69, 9.17) is 0 Å². The third-order valence-corrected chi connectivity index (χ3v) is 5.70. The van der Waals surface area contributed by atoms with Gasteiger partial charge >= 0.3 is 0 Å². The summed E-state index contributed by atoms with van der Waals surface area (Å²) in [5.74, 6) is 0. The van der Waals surface area contributed by atoms with Crippen molar-refractivity contribution in [1.29, 1.82) is 0 Å². The molecule has 0 aliphatic carbocycles. The Hall–Kier alpha value is -0.120. The molecule has 0 bridgehead atoms. The highest BCUT2D eigenvalue weighted by atomic mass is 15.1. The van der Waals surface area contributed by atoms with Crippen molar-refractivity contribution < 1.29 is 0 Å². The summed E-state index contributed by atoms with van der Waals surface area (Å²) >= 11 is 0. The molecule has 0 atom stereocenters. The SMILES string of the molecule is CCCCCCNCCCCCCN(C)CCCCCCNCCCCCC. The Morgan fingerprint density at radius 1 is 0.429 bits per heavy atom. The minimum Gasteiger partial charge on any atom is -0.317 e. The summed E-state index contributed by atoms with van der Waals surface area (Å²) in [6, 6.07) is 0. The van der Waals surface area contributed by atoms with E-state index in [0.717, 1.165) is 0 Å². The molecule has 0 saturated carbocycles. The Labute approximate surface area is 178 Å². The Bertz CT molecular complexity index is 245. The fraction of sp³-hybridized carbons (Fsp3) is 1.00. The molecule has 0 heterocycles. The van der Waals surface area contributed by atoms with Crippen LogP contribution in [-0.4, -0.2) is 51.2 Å². The first-order chi connectivity index (χ1) is 13.8. The highest BCUT2D eigenvalue weighted by molar-refractivity contribution is 4.56. The topological polar surface area (TPSA) is 27.3 Å². The smallest absolute Gasteiger partial charge is 0.00218 e. The molecule has 3 nitrogen and oxygen atoms in total. The summed E-state index contributed by atoms with van der Waals surface area (Å²) in [6.45, 7) is 12.0. The summed E-state index contributed by atoms with van der Waals surface area (Å²) < 4.78 is 0. The second kappa shape index (κ2) is 24.9. The van der Waals surface area contributed by atoms with Gasteiger partial charge in [-0.1, -0.05) is 78.1 Å². The van der Waals surface area contributed by atoms with Crippen LogP contribution in [0.4, 0.5) is 0 Å². The van der Waals surface area contributed by atoms with Crippen LogP contribution < -0.4 is 10.6 Å². The van der Waals surface area contributed by atoms with E-state index in [1.54, 1.807) is 0 Å². The second-order valence-electron chi connectivity index (χ2n) is 8.75. The standard InChI is InChI=1S/C25H55N3/c1-4-6-8-14-20-26-22-16-10-12-18-24-28(3)25-19-13-11-17-23-27-21-15-9-7-5-2/h26-27H,4-25H2,1-3H3. The van der Waals surface area contributed by atoms with E-state index >= 15 is 0 Å². The molecule has 2 N–H and O–H groups in total. The maximum Gasteiger partial charge on any atom is -0.00218 e. The van der Waals surface area contributed by atoms with Crippen molar-refractivity contribution in [2.24, 2.45) is 0 Å². The van der Waals surface area contributed by atoms with Crippen molar-refractivity contribution in [2.75, 3.05) is 46.3 Å². The van der Waals surface area contributed by atoms with E-state index in [1.807, 2.05) is 0 Å². The minimum atomic E-state index is 1.22.